The zero-order valence-corrected chi connectivity index (χ0v) is 17.5. The molecule has 0 N–H and O–H groups in total. The van der Waals surface area contributed by atoms with Crippen LogP contribution in [0.1, 0.15) is 60.8 Å². The summed E-state index contributed by atoms with van der Waals surface area (Å²) in [5.41, 5.74) is 1.06. The largest absolute Gasteiger partial charge is 0.458 e. The Morgan fingerprint density at radius 2 is 1.93 bits per heavy atom. The van der Waals surface area contributed by atoms with Crippen LogP contribution < -0.4 is 0 Å². The van der Waals surface area contributed by atoms with E-state index in [4.69, 9.17) is 14.2 Å². The van der Waals surface area contributed by atoms with Gasteiger partial charge in [0.2, 0.25) is 5.60 Å². The molecule has 0 aromatic heterocycles. The first-order valence-electron chi connectivity index (χ1n) is 9.66. The molecule has 4 atom stereocenters. The molecule has 2 rings (SSSR count). The first-order valence-corrected chi connectivity index (χ1v) is 9.66. The second-order valence-electron chi connectivity index (χ2n) is 7.82. The van der Waals surface area contributed by atoms with E-state index < -0.39 is 41.6 Å². The fourth-order valence-corrected chi connectivity index (χ4v) is 3.78. The molecule has 0 spiro atoms. The molecule has 0 bridgehead atoms. The average molecular weight is 390 g/mol. The smallest absolute Gasteiger partial charge is 0.351 e. The zero-order valence-electron chi connectivity index (χ0n) is 17.5. The van der Waals surface area contributed by atoms with Crippen LogP contribution >= 0.6 is 0 Å². The average Bonchev–Trinajstić information content (AvgIpc) is 2.82. The molecular formula is C22H30O6. The molecule has 2 aliphatic rings. The minimum Gasteiger partial charge on any atom is -0.458 e. The highest BCUT2D eigenvalue weighted by Crippen LogP contribution is 2.42. The van der Waals surface area contributed by atoms with Crippen molar-refractivity contribution >= 4 is 17.9 Å². The van der Waals surface area contributed by atoms with Gasteiger partial charge in [-0.15, -0.1) is 0 Å². The maximum absolute atomic E-state index is 12.7. The number of esters is 3. The number of hydrogen-bond donors (Lipinski definition) is 0. The molecule has 154 valence electrons. The van der Waals surface area contributed by atoms with Gasteiger partial charge in [0.15, 0.2) is 0 Å². The van der Waals surface area contributed by atoms with Crippen LogP contribution in [0, 0.1) is 5.92 Å². The van der Waals surface area contributed by atoms with Crippen LogP contribution in [0.4, 0.5) is 0 Å². The number of fused-ring (bicyclic) bond motifs is 1. The Balaban J connectivity index is 2.54. The molecule has 0 amide bonds. The number of allylic oxidation sites excluding steroid dienone is 3. The van der Waals surface area contributed by atoms with Crippen LogP contribution in [0.3, 0.4) is 0 Å². The van der Waals surface area contributed by atoms with Gasteiger partial charge < -0.3 is 14.2 Å². The molecule has 0 radical (unpaired) electrons. The lowest BCUT2D eigenvalue weighted by atomic mass is 9.79. The van der Waals surface area contributed by atoms with Gasteiger partial charge in [-0.05, 0) is 53.5 Å². The van der Waals surface area contributed by atoms with E-state index >= 15 is 0 Å². The van der Waals surface area contributed by atoms with Gasteiger partial charge in [0.25, 0.3) is 0 Å². The summed E-state index contributed by atoms with van der Waals surface area (Å²) in [5.74, 6) is -2.31. The lowest BCUT2D eigenvalue weighted by Crippen LogP contribution is -2.49. The fourth-order valence-electron chi connectivity index (χ4n) is 3.78. The Bertz CT molecular complexity index is 744. The van der Waals surface area contributed by atoms with Crippen LogP contribution in [0.2, 0.25) is 0 Å². The highest BCUT2D eigenvalue weighted by atomic mass is 16.6. The van der Waals surface area contributed by atoms with Crippen molar-refractivity contribution in [3.63, 3.8) is 0 Å². The molecule has 1 heterocycles. The van der Waals surface area contributed by atoms with Gasteiger partial charge in [0, 0.05) is 18.9 Å². The fraction of sp³-hybridized carbons (Fsp3) is 0.591. The Morgan fingerprint density at radius 3 is 2.54 bits per heavy atom. The third-order valence-electron chi connectivity index (χ3n) is 5.41. The lowest BCUT2D eigenvalue weighted by Gasteiger charge is -2.33. The maximum atomic E-state index is 12.7. The van der Waals surface area contributed by atoms with Crippen molar-refractivity contribution < 1.29 is 28.6 Å². The standard InChI is InChI=1S/C22H30O6/c1-7-15(4)20(24)26-17-11-13(2)9-8-10-14(3)12-18-19(17)22(6,21(25)27-18)28-16(5)23/h7,10-11,17-19H,8-9,12H2,1-6H3/b13-11+,14-10+,15-7+. The van der Waals surface area contributed by atoms with E-state index in [9.17, 15) is 14.4 Å². The molecule has 1 fully saturated rings. The van der Waals surface area contributed by atoms with Gasteiger partial charge in [0.05, 0.1) is 5.92 Å². The normalized spacial score (nSPS) is 34.9. The highest BCUT2D eigenvalue weighted by molar-refractivity contribution is 5.88. The molecule has 28 heavy (non-hydrogen) atoms. The number of hydrogen-bond acceptors (Lipinski definition) is 6. The van der Waals surface area contributed by atoms with Crippen LogP contribution in [0.15, 0.2) is 34.9 Å². The van der Waals surface area contributed by atoms with E-state index in [1.54, 1.807) is 26.8 Å². The molecule has 1 saturated heterocycles. The van der Waals surface area contributed by atoms with E-state index in [1.807, 2.05) is 19.9 Å². The third kappa shape index (κ3) is 4.72. The molecular weight excluding hydrogens is 360 g/mol. The summed E-state index contributed by atoms with van der Waals surface area (Å²) in [6.45, 7) is 10.2. The summed E-state index contributed by atoms with van der Waals surface area (Å²) in [7, 11) is 0. The molecule has 0 saturated carbocycles. The number of carbonyl (C=O) groups excluding carboxylic acids is 3. The highest BCUT2D eigenvalue weighted by Gasteiger charge is 2.60. The van der Waals surface area contributed by atoms with Crippen LogP contribution in [-0.4, -0.2) is 35.7 Å². The van der Waals surface area contributed by atoms with Crippen molar-refractivity contribution in [1.82, 2.24) is 0 Å². The molecule has 1 aliphatic heterocycles. The second-order valence-corrected chi connectivity index (χ2v) is 7.82. The van der Waals surface area contributed by atoms with Gasteiger partial charge in [-0.1, -0.05) is 23.3 Å². The van der Waals surface area contributed by atoms with Crippen LogP contribution in [0.5, 0.6) is 0 Å². The second kappa shape index (κ2) is 8.76. The lowest BCUT2D eigenvalue weighted by molar-refractivity contribution is -0.175. The van der Waals surface area contributed by atoms with E-state index in [2.05, 4.69) is 6.08 Å². The Kier molecular flexibility index (Phi) is 6.86. The van der Waals surface area contributed by atoms with E-state index in [0.29, 0.717) is 12.0 Å². The summed E-state index contributed by atoms with van der Waals surface area (Å²) >= 11 is 0. The van der Waals surface area contributed by atoms with Gasteiger partial charge in [-0.2, -0.15) is 0 Å². The number of ether oxygens (including phenoxy) is 3. The summed E-state index contributed by atoms with van der Waals surface area (Å²) in [6.07, 6.45) is 6.51. The van der Waals surface area contributed by atoms with Gasteiger partial charge in [0.1, 0.15) is 12.2 Å². The van der Waals surface area contributed by atoms with Gasteiger partial charge in [-0.3, -0.25) is 4.79 Å². The van der Waals surface area contributed by atoms with Crippen LogP contribution in [0.25, 0.3) is 0 Å². The maximum Gasteiger partial charge on any atom is 0.351 e. The minimum absolute atomic E-state index is 0.468. The predicted octanol–water partition coefficient (Wildman–Crippen LogP) is 3.80. The Morgan fingerprint density at radius 1 is 1.25 bits per heavy atom. The monoisotopic (exact) mass is 390 g/mol. The molecule has 6 nitrogen and oxygen atoms in total. The van der Waals surface area contributed by atoms with Crippen molar-refractivity contribution in [1.29, 1.82) is 0 Å². The number of rotatable bonds is 3. The molecule has 0 aromatic rings. The van der Waals surface area contributed by atoms with E-state index in [-0.39, 0.29) is 0 Å². The van der Waals surface area contributed by atoms with Crippen molar-refractivity contribution in [2.45, 2.75) is 78.6 Å². The SMILES string of the molecule is C/C=C(\C)C(=O)OC1/C=C(\C)CC/C=C(\C)CC2OC(=O)C(C)(OC(C)=O)C12. The van der Waals surface area contributed by atoms with E-state index in [0.717, 1.165) is 24.0 Å². The molecule has 6 heteroatoms. The minimum atomic E-state index is -1.53. The van der Waals surface area contributed by atoms with Crippen molar-refractivity contribution in [2.24, 2.45) is 5.92 Å². The third-order valence-corrected chi connectivity index (χ3v) is 5.41. The van der Waals surface area contributed by atoms with Gasteiger partial charge in [-0.25, -0.2) is 9.59 Å². The first-order chi connectivity index (χ1) is 13.1. The zero-order chi connectivity index (χ0) is 21.1. The van der Waals surface area contributed by atoms with Crippen molar-refractivity contribution in [2.75, 3.05) is 0 Å². The Labute approximate surface area is 166 Å². The summed E-state index contributed by atoms with van der Waals surface area (Å²) in [5, 5.41) is 0. The van der Waals surface area contributed by atoms with E-state index in [1.165, 1.54) is 6.92 Å². The summed E-state index contributed by atoms with van der Waals surface area (Å²) in [6, 6.07) is 0. The number of carbonyl (C=O) groups is 3. The van der Waals surface area contributed by atoms with Crippen LogP contribution in [-0.2, 0) is 28.6 Å². The molecule has 1 aliphatic carbocycles. The van der Waals surface area contributed by atoms with Crippen molar-refractivity contribution in [3.8, 4) is 0 Å². The quantitative estimate of drug-likeness (QED) is 0.316. The summed E-state index contributed by atoms with van der Waals surface area (Å²) < 4.78 is 16.9. The van der Waals surface area contributed by atoms with Gasteiger partial charge >= 0.3 is 17.9 Å². The first kappa shape index (κ1) is 21.9. The predicted molar refractivity (Wildman–Crippen MR) is 104 cm³/mol. The Hall–Kier alpha value is -2.37. The molecule has 0 aromatic carbocycles. The molecule has 4 unspecified atom stereocenters. The van der Waals surface area contributed by atoms with Crippen molar-refractivity contribution in [3.05, 3.63) is 34.9 Å². The topological polar surface area (TPSA) is 78.9 Å². The summed E-state index contributed by atoms with van der Waals surface area (Å²) in [4.78, 5) is 37.0.